The second-order valence-corrected chi connectivity index (χ2v) is 5.21. The Morgan fingerprint density at radius 1 is 1.61 bits per heavy atom. The monoisotopic (exact) mass is 315 g/mol. The molecule has 0 saturated carbocycles. The number of nitrogens with zero attached hydrogens (tertiary/aromatic N) is 1. The molecule has 1 aliphatic rings. The van der Waals surface area contributed by atoms with Gasteiger partial charge in [-0.2, -0.15) is 0 Å². The predicted octanol–water partition coefficient (Wildman–Crippen LogP) is 2.41. The molecule has 0 aliphatic carbocycles. The highest BCUT2D eigenvalue weighted by molar-refractivity contribution is 9.10. The molecule has 4 nitrogen and oxygen atoms in total. The number of piperazine rings is 1. The first-order valence-corrected chi connectivity index (χ1v) is 6.60. The maximum Gasteiger partial charge on any atom is 0.321 e. The number of benzene rings is 1. The molecular formula is C12H15BrFN3O. The summed E-state index contributed by atoms with van der Waals surface area (Å²) >= 11 is 3.07. The van der Waals surface area contributed by atoms with Gasteiger partial charge in [0.1, 0.15) is 5.82 Å². The molecule has 0 aromatic heterocycles. The third-order valence-corrected chi connectivity index (χ3v) is 3.47. The molecule has 18 heavy (non-hydrogen) atoms. The van der Waals surface area contributed by atoms with E-state index in [-0.39, 0.29) is 17.9 Å². The van der Waals surface area contributed by atoms with Crippen LogP contribution in [0, 0.1) is 5.82 Å². The van der Waals surface area contributed by atoms with Crippen LogP contribution in [0.1, 0.15) is 6.92 Å². The summed E-state index contributed by atoms with van der Waals surface area (Å²) in [6.07, 6.45) is 0. The molecule has 1 aromatic carbocycles. The van der Waals surface area contributed by atoms with Gasteiger partial charge < -0.3 is 15.5 Å². The molecule has 1 atom stereocenters. The second kappa shape index (κ2) is 5.67. The van der Waals surface area contributed by atoms with Gasteiger partial charge in [0.2, 0.25) is 0 Å². The van der Waals surface area contributed by atoms with Crippen LogP contribution in [0.15, 0.2) is 22.7 Å². The minimum atomic E-state index is -0.388. The highest BCUT2D eigenvalue weighted by Gasteiger charge is 2.20. The molecular weight excluding hydrogens is 301 g/mol. The van der Waals surface area contributed by atoms with Gasteiger partial charge in [-0.25, -0.2) is 9.18 Å². The fraction of sp³-hybridized carbons (Fsp3) is 0.417. The molecule has 6 heteroatoms. The van der Waals surface area contributed by atoms with Crippen LogP contribution >= 0.6 is 15.9 Å². The summed E-state index contributed by atoms with van der Waals surface area (Å²) in [5.74, 6) is -0.388. The first-order valence-electron chi connectivity index (χ1n) is 5.80. The fourth-order valence-corrected chi connectivity index (χ4v) is 2.14. The summed E-state index contributed by atoms with van der Waals surface area (Å²) in [7, 11) is 0. The van der Waals surface area contributed by atoms with Gasteiger partial charge in [-0.3, -0.25) is 0 Å². The van der Waals surface area contributed by atoms with Gasteiger partial charge >= 0.3 is 6.03 Å². The first-order chi connectivity index (χ1) is 8.56. The lowest BCUT2D eigenvalue weighted by molar-refractivity contribution is 0.192. The van der Waals surface area contributed by atoms with Crippen LogP contribution in [0.4, 0.5) is 14.9 Å². The van der Waals surface area contributed by atoms with E-state index in [2.05, 4.69) is 26.6 Å². The summed E-state index contributed by atoms with van der Waals surface area (Å²) in [5, 5.41) is 5.96. The number of nitrogens with one attached hydrogen (secondary N) is 2. The van der Waals surface area contributed by atoms with E-state index in [9.17, 15) is 9.18 Å². The zero-order valence-electron chi connectivity index (χ0n) is 10.0. The Bertz CT molecular complexity index is 455. The van der Waals surface area contributed by atoms with Gasteiger partial charge in [-0.1, -0.05) is 0 Å². The van der Waals surface area contributed by atoms with Gasteiger partial charge in [0.05, 0.1) is 4.47 Å². The van der Waals surface area contributed by atoms with Crippen LogP contribution in [-0.4, -0.2) is 36.6 Å². The Hall–Kier alpha value is -1.14. The van der Waals surface area contributed by atoms with Crippen LogP contribution in [0.3, 0.4) is 0 Å². The minimum Gasteiger partial charge on any atom is -0.322 e. The number of halogens is 2. The van der Waals surface area contributed by atoms with Gasteiger partial charge in [0.15, 0.2) is 0 Å². The molecule has 1 heterocycles. The molecule has 98 valence electrons. The van der Waals surface area contributed by atoms with E-state index in [1.807, 2.05) is 6.92 Å². The lowest BCUT2D eigenvalue weighted by atomic mass is 10.2. The zero-order valence-corrected chi connectivity index (χ0v) is 11.6. The number of carbonyl (C=O) groups excluding carboxylic acids is 1. The number of rotatable bonds is 1. The highest BCUT2D eigenvalue weighted by Crippen LogP contribution is 2.19. The van der Waals surface area contributed by atoms with E-state index in [0.717, 1.165) is 6.54 Å². The number of hydrogen-bond acceptors (Lipinski definition) is 2. The van der Waals surface area contributed by atoms with Crippen LogP contribution in [0.25, 0.3) is 0 Å². The number of carbonyl (C=O) groups is 1. The van der Waals surface area contributed by atoms with E-state index in [0.29, 0.717) is 23.2 Å². The largest absolute Gasteiger partial charge is 0.322 e. The maximum atomic E-state index is 13.3. The van der Waals surface area contributed by atoms with Crippen LogP contribution in [0.5, 0.6) is 0 Å². The summed E-state index contributed by atoms with van der Waals surface area (Å²) in [4.78, 5) is 13.7. The number of anilines is 1. The fourth-order valence-electron chi connectivity index (χ4n) is 1.89. The predicted molar refractivity (Wildman–Crippen MR) is 72.2 cm³/mol. The Kier molecular flexibility index (Phi) is 4.19. The average Bonchev–Trinajstić information content (AvgIpc) is 2.34. The molecule has 1 aromatic rings. The average molecular weight is 316 g/mol. The van der Waals surface area contributed by atoms with Crippen molar-refractivity contribution in [3.63, 3.8) is 0 Å². The number of amides is 2. The molecule has 1 aliphatic heterocycles. The van der Waals surface area contributed by atoms with Crippen LogP contribution in [-0.2, 0) is 0 Å². The van der Waals surface area contributed by atoms with E-state index in [4.69, 9.17) is 0 Å². The quantitative estimate of drug-likeness (QED) is 0.836. The van der Waals surface area contributed by atoms with Gasteiger partial charge in [0, 0.05) is 31.4 Å². The number of urea groups is 1. The minimum absolute atomic E-state index is 0.190. The van der Waals surface area contributed by atoms with E-state index >= 15 is 0 Å². The van der Waals surface area contributed by atoms with Crippen molar-refractivity contribution < 1.29 is 9.18 Å². The highest BCUT2D eigenvalue weighted by atomic mass is 79.9. The summed E-state index contributed by atoms with van der Waals surface area (Å²) in [6.45, 7) is 4.13. The molecule has 2 N–H and O–H groups in total. The van der Waals surface area contributed by atoms with Crippen LogP contribution in [0.2, 0.25) is 0 Å². The zero-order chi connectivity index (χ0) is 13.1. The molecule has 2 rings (SSSR count). The molecule has 0 bridgehead atoms. The standard InChI is InChI=1S/C12H15BrFN3O/c1-8-7-17(5-4-15-8)12(18)16-9-2-3-10(13)11(14)6-9/h2-3,6,8,15H,4-5,7H2,1H3,(H,16,18). The number of hydrogen-bond donors (Lipinski definition) is 2. The van der Waals surface area contributed by atoms with Crippen molar-refractivity contribution >= 4 is 27.6 Å². The normalized spacial score (nSPS) is 19.7. The van der Waals surface area contributed by atoms with Crippen molar-refractivity contribution in [1.82, 2.24) is 10.2 Å². The molecule has 0 spiro atoms. The first kappa shape index (κ1) is 13.3. The van der Waals surface area contributed by atoms with Crippen molar-refractivity contribution in [3.8, 4) is 0 Å². The molecule has 2 amide bonds. The van der Waals surface area contributed by atoms with E-state index < -0.39 is 0 Å². The van der Waals surface area contributed by atoms with Crippen molar-refractivity contribution in [2.75, 3.05) is 25.0 Å². The molecule has 0 radical (unpaired) electrons. The van der Waals surface area contributed by atoms with E-state index in [1.54, 1.807) is 17.0 Å². The van der Waals surface area contributed by atoms with Gasteiger partial charge in [-0.05, 0) is 41.1 Å². The topological polar surface area (TPSA) is 44.4 Å². The Morgan fingerprint density at radius 2 is 2.39 bits per heavy atom. The Morgan fingerprint density at radius 3 is 3.06 bits per heavy atom. The lowest BCUT2D eigenvalue weighted by Crippen LogP contribution is -2.52. The third-order valence-electron chi connectivity index (χ3n) is 2.83. The third kappa shape index (κ3) is 3.20. The van der Waals surface area contributed by atoms with Crippen molar-refractivity contribution in [3.05, 3.63) is 28.5 Å². The second-order valence-electron chi connectivity index (χ2n) is 4.36. The van der Waals surface area contributed by atoms with Crippen LogP contribution < -0.4 is 10.6 Å². The lowest BCUT2D eigenvalue weighted by Gasteiger charge is -2.31. The van der Waals surface area contributed by atoms with Gasteiger partial charge in [-0.15, -0.1) is 0 Å². The molecule has 1 saturated heterocycles. The Balaban J connectivity index is 2.00. The summed E-state index contributed by atoms with van der Waals surface area (Å²) < 4.78 is 13.7. The molecule has 1 unspecified atom stereocenters. The maximum absolute atomic E-state index is 13.3. The SMILES string of the molecule is CC1CN(C(=O)Nc2ccc(Br)c(F)c2)CCN1. The van der Waals surface area contributed by atoms with Crippen molar-refractivity contribution in [1.29, 1.82) is 0 Å². The summed E-state index contributed by atoms with van der Waals surface area (Å²) in [5.41, 5.74) is 0.465. The Labute approximate surface area is 114 Å². The van der Waals surface area contributed by atoms with Crippen molar-refractivity contribution in [2.45, 2.75) is 13.0 Å². The smallest absolute Gasteiger partial charge is 0.321 e. The van der Waals surface area contributed by atoms with Gasteiger partial charge in [0.25, 0.3) is 0 Å². The van der Waals surface area contributed by atoms with E-state index in [1.165, 1.54) is 6.07 Å². The molecule has 1 fully saturated rings. The van der Waals surface area contributed by atoms with Crippen molar-refractivity contribution in [2.24, 2.45) is 0 Å². The summed E-state index contributed by atoms with van der Waals surface area (Å²) in [6, 6.07) is 4.63.